The number of nitrogens with zero attached hydrogens (tertiary/aromatic N) is 3. The number of carbonyl (C=O) groups is 1. The van der Waals surface area contributed by atoms with Gasteiger partial charge in [0.25, 0.3) is 5.91 Å². The van der Waals surface area contributed by atoms with Crippen LogP contribution in [0.1, 0.15) is 27.2 Å². The first-order valence-corrected chi connectivity index (χ1v) is 8.41. The smallest absolute Gasteiger partial charge is 0.254 e. The van der Waals surface area contributed by atoms with Crippen LogP contribution in [0.25, 0.3) is 0 Å². The Morgan fingerprint density at radius 2 is 2.08 bits per heavy atom. The third-order valence-corrected chi connectivity index (χ3v) is 4.29. The van der Waals surface area contributed by atoms with Gasteiger partial charge in [-0.05, 0) is 52.7 Å². The van der Waals surface area contributed by atoms with Crippen molar-refractivity contribution in [2.24, 2.45) is 0 Å². The van der Waals surface area contributed by atoms with Crippen LogP contribution in [0.5, 0.6) is 0 Å². The second-order valence-corrected chi connectivity index (χ2v) is 6.09. The highest BCUT2D eigenvalue weighted by Crippen LogP contribution is 2.16. The number of aromatic nitrogens is 1. The topological polar surface area (TPSA) is 57.0 Å². The number of amides is 1. The zero-order valence-corrected chi connectivity index (χ0v) is 13.7. The van der Waals surface area contributed by atoms with Gasteiger partial charge in [-0.15, -0.1) is 0 Å². The van der Waals surface area contributed by atoms with E-state index in [0.29, 0.717) is 24.2 Å². The number of hydrogen-bond donors (Lipinski definition) is 0. The molecule has 0 bridgehead atoms. The van der Waals surface area contributed by atoms with Gasteiger partial charge in [0.15, 0.2) is 0 Å². The van der Waals surface area contributed by atoms with Gasteiger partial charge in [0.05, 0.1) is 23.9 Å². The lowest BCUT2D eigenvalue weighted by Crippen LogP contribution is -2.30. The molecule has 0 radical (unpaired) electrons. The van der Waals surface area contributed by atoms with E-state index in [4.69, 9.17) is 5.26 Å². The molecule has 0 fully saturated rings. The number of pyridine rings is 1. The van der Waals surface area contributed by atoms with E-state index in [1.807, 2.05) is 35.0 Å². The summed E-state index contributed by atoms with van der Waals surface area (Å²) >= 11 is 1.60. The quantitative estimate of drug-likeness (QED) is 0.712. The number of thiophene rings is 1. The Hall–Kier alpha value is -2.97. The minimum Gasteiger partial charge on any atom is -0.328 e. The minimum atomic E-state index is -0.107. The van der Waals surface area contributed by atoms with E-state index in [1.54, 1.807) is 46.7 Å². The number of benzene rings is 1. The lowest BCUT2D eigenvalue weighted by molar-refractivity contribution is 0.0728. The molecule has 118 valence electrons. The molecular formula is C19H15N3OS. The van der Waals surface area contributed by atoms with Crippen molar-refractivity contribution in [1.29, 1.82) is 5.26 Å². The van der Waals surface area contributed by atoms with Crippen molar-refractivity contribution >= 4 is 17.2 Å². The van der Waals surface area contributed by atoms with Gasteiger partial charge >= 0.3 is 0 Å². The molecule has 0 aliphatic carbocycles. The zero-order chi connectivity index (χ0) is 16.8. The molecule has 0 saturated carbocycles. The molecule has 5 heteroatoms. The molecular weight excluding hydrogens is 318 g/mol. The van der Waals surface area contributed by atoms with Crippen LogP contribution >= 0.6 is 11.3 Å². The van der Waals surface area contributed by atoms with Gasteiger partial charge in [0, 0.05) is 18.3 Å². The lowest BCUT2D eigenvalue weighted by atomic mass is 10.1. The third-order valence-electron chi connectivity index (χ3n) is 3.56. The Bertz CT molecular complexity index is 854. The molecule has 0 aliphatic heterocycles. The molecule has 0 atom stereocenters. The molecule has 4 nitrogen and oxygen atoms in total. The van der Waals surface area contributed by atoms with Crippen molar-refractivity contribution in [3.05, 3.63) is 87.9 Å². The summed E-state index contributed by atoms with van der Waals surface area (Å²) in [6, 6.07) is 16.5. The second kappa shape index (κ2) is 7.53. The highest BCUT2D eigenvalue weighted by molar-refractivity contribution is 7.07. The number of nitriles is 1. The highest BCUT2D eigenvalue weighted by atomic mass is 32.1. The molecule has 1 aromatic carbocycles. The van der Waals surface area contributed by atoms with E-state index < -0.39 is 0 Å². The molecule has 2 aromatic heterocycles. The van der Waals surface area contributed by atoms with E-state index in [0.717, 1.165) is 11.3 Å². The summed E-state index contributed by atoms with van der Waals surface area (Å²) in [4.78, 5) is 19.0. The predicted octanol–water partition coefficient (Wildman–Crippen LogP) is 3.86. The Kier molecular flexibility index (Phi) is 4.99. The van der Waals surface area contributed by atoms with Crippen molar-refractivity contribution in [1.82, 2.24) is 9.88 Å². The van der Waals surface area contributed by atoms with Gasteiger partial charge in [-0.1, -0.05) is 12.1 Å². The van der Waals surface area contributed by atoms with Crippen LogP contribution in [0.2, 0.25) is 0 Å². The van der Waals surface area contributed by atoms with Crippen LogP contribution < -0.4 is 0 Å². The Labute approximate surface area is 144 Å². The van der Waals surface area contributed by atoms with E-state index in [1.165, 1.54) is 0 Å². The molecule has 1 amide bonds. The van der Waals surface area contributed by atoms with Gasteiger partial charge in [-0.2, -0.15) is 16.6 Å². The largest absolute Gasteiger partial charge is 0.328 e. The van der Waals surface area contributed by atoms with Gasteiger partial charge in [-0.25, -0.2) is 0 Å². The van der Waals surface area contributed by atoms with Crippen LogP contribution in [-0.2, 0) is 13.1 Å². The highest BCUT2D eigenvalue weighted by Gasteiger charge is 2.17. The molecule has 0 spiro atoms. The normalized spacial score (nSPS) is 10.1. The monoisotopic (exact) mass is 333 g/mol. The van der Waals surface area contributed by atoms with Gasteiger partial charge in [0.1, 0.15) is 0 Å². The fourth-order valence-electron chi connectivity index (χ4n) is 2.39. The van der Waals surface area contributed by atoms with E-state index in [9.17, 15) is 4.79 Å². The molecule has 24 heavy (non-hydrogen) atoms. The summed E-state index contributed by atoms with van der Waals surface area (Å²) in [6.07, 6.45) is 1.72. The first-order chi connectivity index (χ1) is 11.8. The second-order valence-electron chi connectivity index (χ2n) is 5.31. The molecule has 0 saturated heterocycles. The summed E-state index contributed by atoms with van der Waals surface area (Å²) in [7, 11) is 0. The molecule has 3 rings (SSSR count). The standard InChI is InChI=1S/C19H15N3OS/c20-11-15-4-3-5-17(10-15)19(23)22(12-16-7-9-24-14-16)13-18-6-1-2-8-21-18/h1-10,14H,12-13H2. The van der Waals surface area contributed by atoms with E-state index in [2.05, 4.69) is 11.1 Å². The number of hydrogen-bond acceptors (Lipinski definition) is 4. The molecule has 0 N–H and O–H groups in total. The van der Waals surface area contributed by atoms with Crippen LogP contribution in [0.4, 0.5) is 0 Å². The zero-order valence-electron chi connectivity index (χ0n) is 12.9. The van der Waals surface area contributed by atoms with Gasteiger partial charge < -0.3 is 4.90 Å². The predicted molar refractivity (Wildman–Crippen MR) is 93.3 cm³/mol. The Morgan fingerprint density at radius 3 is 2.79 bits per heavy atom. The van der Waals surface area contributed by atoms with Crippen molar-refractivity contribution in [2.45, 2.75) is 13.1 Å². The molecule has 2 heterocycles. The van der Waals surface area contributed by atoms with Crippen LogP contribution in [-0.4, -0.2) is 15.8 Å². The number of carbonyl (C=O) groups excluding carboxylic acids is 1. The molecule has 0 aliphatic rings. The summed E-state index contributed by atoms with van der Waals surface area (Å²) in [5, 5.41) is 13.1. The van der Waals surface area contributed by atoms with Crippen molar-refractivity contribution in [3.63, 3.8) is 0 Å². The average Bonchev–Trinajstić information content (AvgIpc) is 3.14. The van der Waals surface area contributed by atoms with Crippen LogP contribution in [0.15, 0.2) is 65.5 Å². The van der Waals surface area contributed by atoms with Crippen molar-refractivity contribution in [2.75, 3.05) is 0 Å². The van der Waals surface area contributed by atoms with E-state index in [-0.39, 0.29) is 5.91 Å². The fraction of sp³-hybridized carbons (Fsp3) is 0.105. The summed E-state index contributed by atoms with van der Waals surface area (Å²) in [5.41, 5.74) is 2.91. The SMILES string of the molecule is N#Cc1cccc(C(=O)N(Cc2ccsc2)Cc2ccccn2)c1. The van der Waals surface area contributed by atoms with Gasteiger partial charge in [-0.3, -0.25) is 9.78 Å². The summed E-state index contributed by atoms with van der Waals surface area (Å²) in [5.74, 6) is -0.107. The third kappa shape index (κ3) is 3.86. The van der Waals surface area contributed by atoms with E-state index >= 15 is 0 Å². The van der Waals surface area contributed by atoms with Crippen LogP contribution in [0.3, 0.4) is 0 Å². The number of rotatable bonds is 5. The lowest BCUT2D eigenvalue weighted by Gasteiger charge is -2.22. The molecule has 3 aromatic rings. The first-order valence-electron chi connectivity index (χ1n) is 7.46. The minimum absolute atomic E-state index is 0.107. The Morgan fingerprint density at radius 1 is 1.17 bits per heavy atom. The van der Waals surface area contributed by atoms with Gasteiger partial charge in [0.2, 0.25) is 0 Å². The maximum Gasteiger partial charge on any atom is 0.254 e. The molecule has 0 unspecified atom stereocenters. The maximum absolute atomic E-state index is 12.9. The van der Waals surface area contributed by atoms with Crippen LogP contribution in [0, 0.1) is 11.3 Å². The first kappa shape index (κ1) is 15.9. The maximum atomic E-state index is 12.9. The summed E-state index contributed by atoms with van der Waals surface area (Å²) < 4.78 is 0. The Balaban J connectivity index is 1.87. The summed E-state index contributed by atoms with van der Waals surface area (Å²) in [6.45, 7) is 0.933. The van der Waals surface area contributed by atoms with Crippen molar-refractivity contribution in [3.8, 4) is 6.07 Å². The fourth-order valence-corrected chi connectivity index (χ4v) is 3.05. The van der Waals surface area contributed by atoms with Crippen molar-refractivity contribution < 1.29 is 4.79 Å². The average molecular weight is 333 g/mol.